The fraction of sp³-hybridized carbons (Fsp3) is 0.368. The van der Waals surface area contributed by atoms with Crippen molar-refractivity contribution in [3.63, 3.8) is 0 Å². The molecule has 0 radical (unpaired) electrons. The predicted molar refractivity (Wildman–Crippen MR) is 107 cm³/mol. The van der Waals surface area contributed by atoms with Crippen molar-refractivity contribution in [3.05, 3.63) is 36.0 Å². The van der Waals surface area contributed by atoms with E-state index < -0.39 is 10.0 Å². The van der Waals surface area contributed by atoms with Crippen LogP contribution in [0, 0.1) is 0 Å². The topological polar surface area (TPSA) is 103 Å². The molecule has 2 aromatic heterocycles. The lowest BCUT2D eigenvalue weighted by Crippen LogP contribution is -2.42. The zero-order valence-corrected chi connectivity index (χ0v) is 16.9. The minimum atomic E-state index is -3.59. The van der Waals surface area contributed by atoms with Crippen molar-refractivity contribution < 1.29 is 13.2 Å². The number of hydrogen-bond acceptors (Lipinski definition) is 6. The molecule has 9 heteroatoms. The van der Waals surface area contributed by atoms with Crippen LogP contribution in [0.1, 0.15) is 31.7 Å². The Morgan fingerprint density at radius 2 is 1.96 bits per heavy atom. The predicted octanol–water partition coefficient (Wildman–Crippen LogP) is 2.50. The Bertz CT molecular complexity index is 1150. The first-order valence-electron chi connectivity index (χ1n) is 9.16. The summed E-state index contributed by atoms with van der Waals surface area (Å²) in [5, 5.41) is 4.30. The molecule has 148 valence electrons. The molecule has 28 heavy (non-hydrogen) atoms. The van der Waals surface area contributed by atoms with Gasteiger partial charge in [0.25, 0.3) is 0 Å². The van der Waals surface area contributed by atoms with Crippen molar-refractivity contribution in [3.8, 4) is 17.0 Å². The first-order chi connectivity index (χ1) is 13.3. The molecule has 1 aliphatic heterocycles. The molecular weight excluding hydrogens is 378 g/mol. The minimum Gasteiger partial charge on any atom is -0.495 e. The third-order valence-electron chi connectivity index (χ3n) is 5.02. The van der Waals surface area contributed by atoms with Crippen molar-refractivity contribution in [1.82, 2.24) is 18.9 Å². The van der Waals surface area contributed by atoms with E-state index >= 15 is 0 Å². The van der Waals surface area contributed by atoms with Gasteiger partial charge in [0.05, 0.1) is 12.8 Å². The molecule has 0 amide bonds. The standard InChI is InChI=1S/C19H23N5O3S/c1-12(2)17-18(20)22-24-10-7-14(21-19(17)24)13-5-6-15(27-3)16(11-13)28(25,26)23-8-4-9-23/h5-7,10-12H,4,8-9H2,1-3H3,(H2,20,22). The molecule has 0 spiro atoms. The van der Waals surface area contributed by atoms with Gasteiger partial charge in [-0.3, -0.25) is 0 Å². The van der Waals surface area contributed by atoms with Crippen molar-refractivity contribution in [2.75, 3.05) is 25.9 Å². The molecule has 0 unspecified atom stereocenters. The quantitative estimate of drug-likeness (QED) is 0.705. The van der Waals surface area contributed by atoms with E-state index in [4.69, 9.17) is 15.5 Å². The van der Waals surface area contributed by atoms with Gasteiger partial charge >= 0.3 is 0 Å². The Morgan fingerprint density at radius 1 is 1.21 bits per heavy atom. The fourth-order valence-corrected chi connectivity index (χ4v) is 5.08. The summed E-state index contributed by atoms with van der Waals surface area (Å²) in [7, 11) is -2.12. The van der Waals surface area contributed by atoms with E-state index in [1.807, 2.05) is 19.9 Å². The number of fused-ring (bicyclic) bond motifs is 1. The normalized spacial score (nSPS) is 15.1. The Morgan fingerprint density at radius 3 is 2.57 bits per heavy atom. The van der Waals surface area contributed by atoms with Crippen LogP contribution in [-0.2, 0) is 10.0 Å². The van der Waals surface area contributed by atoms with Crippen LogP contribution < -0.4 is 10.5 Å². The second-order valence-corrected chi connectivity index (χ2v) is 9.06. The van der Waals surface area contributed by atoms with Crippen LogP contribution in [-0.4, -0.2) is 47.5 Å². The highest BCUT2D eigenvalue weighted by molar-refractivity contribution is 7.89. The zero-order valence-electron chi connectivity index (χ0n) is 16.1. The number of methoxy groups -OCH3 is 1. The maximum atomic E-state index is 12.9. The second-order valence-electron chi connectivity index (χ2n) is 7.16. The number of ether oxygens (including phenoxy) is 1. The molecule has 0 bridgehead atoms. The zero-order chi connectivity index (χ0) is 20.1. The second kappa shape index (κ2) is 6.75. The van der Waals surface area contributed by atoms with Crippen molar-refractivity contribution in [1.29, 1.82) is 0 Å². The van der Waals surface area contributed by atoms with E-state index in [0.29, 0.717) is 41.6 Å². The Kier molecular flexibility index (Phi) is 4.51. The van der Waals surface area contributed by atoms with Crippen LogP contribution in [0.15, 0.2) is 35.4 Å². The number of rotatable bonds is 5. The fourth-order valence-electron chi connectivity index (χ4n) is 3.38. The lowest BCUT2D eigenvalue weighted by atomic mass is 10.1. The summed E-state index contributed by atoms with van der Waals surface area (Å²) in [5.74, 6) is 0.946. The largest absolute Gasteiger partial charge is 0.495 e. The molecule has 2 N–H and O–H groups in total. The van der Waals surface area contributed by atoms with Crippen LogP contribution in [0.4, 0.5) is 5.82 Å². The Balaban J connectivity index is 1.85. The maximum absolute atomic E-state index is 12.9. The molecule has 1 aromatic carbocycles. The van der Waals surface area contributed by atoms with Gasteiger partial charge in [-0.2, -0.15) is 4.31 Å². The van der Waals surface area contributed by atoms with Gasteiger partial charge in [0, 0.05) is 30.4 Å². The molecular formula is C19H23N5O3S. The van der Waals surface area contributed by atoms with E-state index in [9.17, 15) is 8.42 Å². The van der Waals surface area contributed by atoms with E-state index in [2.05, 4.69) is 5.10 Å². The summed E-state index contributed by atoms with van der Waals surface area (Å²) >= 11 is 0. The summed E-state index contributed by atoms with van der Waals surface area (Å²) in [4.78, 5) is 4.87. The van der Waals surface area contributed by atoms with Crippen LogP contribution >= 0.6 is 0 Å². The molecule has 4 rings (SSSR count). The van der Waals surface area contributed by atoms with Gasteiger partial charge in [-0.25, -0.2) is 17.9 Å². The molecule has 1 aliphatic rings. The molecule has 1 saturated heterocycles. The number of anilines is 1. The molecule has 0 aliphatic carbocycles. The first-order valence-corrected chi connectivity index (χ1v) is 10.6. The van der Waals surface area contributed by atoms with Crippen LogP contribution in [0.25, 0.3) is 16.9 Å². The lowest BCUT2D eigenvalue weighted by Gasteiger charge is -2.30. The molecule has 3 aromatic rings. The van der Waals surface area contributed by atoms with Gasteiger partial charge < -0.3 is 10.5 Å². The highest BCUT2D eigenvalue weighted by Crippen LogP contribution is 2.33. The molecule has 3 heterocycles. The van der Waals surface area contributed by atoms with E-state index in [-0.39, 0.29) is 10.8 Å². The smallest absolute Gasteiger partial charge is 0.246 e. The van der Waals surface area contributed by atoms with Crippen molar-refractivity contribution in [2.45, 2.75) is 31.1 Å². The SMILES string of the molecule is COc1ccc(-c2ccn3nc(N)c(C(C)C)c3n2)cc1S(=O)(=O)N1CCC1. The van der Waals surface area contributed by atoms with Crippen LogP contribution in [0.5, 0.6) is 5.75 Å². The summed E-state index contributed by atoms with van der Waals surface area (Å²) in [5.41, 5.74) is 8.94. The number of nitrogens with two attached hydrogens (primary N) is 1. The van der Waals surface area contributed by atoms with E-state index in [1.165, 1.54) is 11.4 Å². The third kappa shape index (κ3) is 2.91. The van der Waals surface area contributed by atoms with Gasteiger partial charge in [-0.1, -0.05) is 13.8 Å². The maximum Gasteiger partial charge on any atom is 0.246 e. The summed E-state index contributed by atoms with van der Waals surface area (Å²) in [6.07, 6.45) is 2.66. The summed E-state index contributed by atoms with van der Waals surface area (Å²) < 4.78 is 34.3. The van der Waals surface area contributed by atoms with Crippen molar-refractivity contribution >= 4 is 21.5 Å². The summed E-state index contributed by atoms with van der Waals surface area (Å²) in [6.45, 7) is 5.14. The van der Waals surface area contributed by atoms with Crippen LogP contribution in [0.2, 0.25) is 0 Å². The van der Waals surface area contributed by atoms with Gasteiger partial charge in [0.2, 0.25) is 10.0 Å². The average Bonchev–Trinajstić information content (AvgIpc) is 2.94. The van der Waals surface area contributed by atoms with Gasteiger partial charge in [0.1, 0.15) is 10.6 Å². The number of aromatic nitrogens is 3. The number of benzene rings is 1. The molecule has 1 fully saturated rings. The van der Waals surface area contributed by atoms with E-state index in [1.54, 1.807) is 28.9 Å². The highest BCUT2D eigenvalue weighted by atomic mass is 32.2. The monoisotopic (exact) mass is 401 g/mol. The minimum absolute atomic E-state index is 0.158. The van der Waals surface area contributed by atoms with Gasteiger partial charge in [-0.05, 0) is 36.6 Å². The number of sulfonamides is 1. The number of nitrogen functional groups attached to an aromatic ring is 1. The number of hydrogen-bond donors (Lipinski definition) is 1. The highest BCUT2D eigenvalue weighted by Gasteiger charge is 2.32. The summed E-state index contributed by atoms with van der Waals surface area (Å²) in [6, 6.07) is 6.90. The van der Waals surface area contributed by atoms with Crippen LogP contribution in [0.3, 0.4) is 0 Å². The third-order valence-corrected chi connectivity index (χ3v) is 6.94. The number of nitrogens with zero attached hydrogens (tertiary/aromatic N) is 4. The lowest BCUT2D eigenvalue weighted by molar-refractivity contribution is 0.307. The molecule has 0 saturated carbocycles. The van der Waals surface area contributed by atoms with Crippen molar-refractivity contribution in [2.24, 2.45) is 0 Å². The first kappa shape index (κ1) is 18.7. The Hall–Kier alpha value is -2.65. The average molecular weight is 401 g/mol. The molecule has 0 atom stereocenters. The molecule has 8 nitrogen and oxygen atoms in total. The Labute approximate surface area is 164 Å². The van der Waals surface area contributed by atoms with E-state index in [0.717, 1.165) is 12.0 Å². The van der Waals surface area contributed by atoms with Gasteiger partial charge in [-0.15, -0.1) is 5.10 Å². The van der Waals surface area contributed by atoms with Gasteiger partial charge in [0.15, 0.2) is 11.5 Å².